The number of morpholine rings is 1. The number of nitrogens with zero attached hydrogens (tertiary/aromatic N) is 4. The number of rotatable bonds is 3. The molecule has 5 heteroatoms. The molecule has 0 aliphatic carbocycles. The molecule has 1 aromatic heterocycles. The minimum absolute atomic E-state index is 0.768. The first-order valence-corrected chi connectivity index (χ1v) is 8.75. The second-order valence-corrected chi connectivity index (χ2v) is 6.58. The first-order valence-electron chi connectivity index (χ1n) is 8.75. The van der Waals surface area contributed by atoms with Gasteiger partial charge < -0.3 is 9.64 Å². The van der Waals surface area contributed by atoms with E-state index in [0.717, 1.165) is 64.0 Å². The van der Waals surface area contributed by atoms with Crippen molar-refractivity contribution in [1.29, 1.82) is 0 Å². The van der Waals surface area contributed by atoms with Gasteiger partial charge in [0.2, 0.25) is 5.95 Å². The summed E-state index contributed by atoms with van der Waals surface area (Å²) in [6, 6.07) is 10.7. The summed E-state index contributed by atoms with van der Waals surface area (Å²) in [7, 11) is 0. The van der Waals surface area contributed by atoms with Gasteiger partial charge in [0.15, 0.2) is 0 Å². The van der Waals surface area contributed by atoms with Gasteiger partial charge in [-0.25, -0.2) is 9.97 Å². The number of aromatic nitrogens is 2. The Balaban J connectivity index is 1.51. The van der Waals surface area contributed by atoms with Crippen LogP contribution in [0.3, 0.4) is 0 Å². The van der Waals surface area contributed by atoms with Crippen molar-refractivity contribution >= 4 is 5.95 Å². The minimum atomic E-state index is 0.768. The zero-order valence-electron chi connectivity index (χ0n) is 14.2. The van der Waals surface area contributed by atoms with Gasteiger partial charge in [0.05, 0.1) is 18.9 Å². The van der Waals surface area contributed by atoms with Gasteiger partial charge >= 0.3 is 0 Å². The standard InChI is InChI=1S/C19H24N4O/c1-15-17-14-22(13-16-5-3-2-4-6-16)8-7-18(17)21-19(20-15)23-9-11-24-12-10-23/h2-6H,7-14H2,1H3. The van der Waals surface area contributed by atoms with E-state index in [4.69, 9.17) is 14.7 Å². The minimum Gasteiger partial charge on any atom is -0.378 e. The molecule has 1 saturated heterocycles. The van der Waals surface area contributed by atoms with Crippen LogP contribution in [0.1, 0.15) is 22.5 Å². The number of ether oxygens (including phenoxy) is 1. The molecule has 0 saturated carbocycles. The van der Waals surface area contributed by atoms with Crippen LogP contribution in [0, 0.1) is 6.92 Å². The fourth-order valence-electron chi connectivity index (χ4n) is 3.50. The zero-order valence-corrected chi connectivity index (χ0v) is 14.2. The molecule has 2 aliphatic heterocycles. The maximum atomic E-state index is 5.43. The average Bonchev–Trinajstić information content (AvgIpc) is 2.64. The first-order chi connectivity index (χ1) is 11.8. The molecule has 126 valence electrons. The van der Waals surface area contributed by atoms with Gasteiger partial charge in [0.25, 0.3) is 0 Å². The Hall–Kier alpha value is -1.98. The van der Waals surface area contributed by atoms with E-state index in [1.165, 1.54) is 16.8 Å². The van der Waals surface area contributed by atoms with Crippen LogP contribution in [0.15, 0.2) is 30.3 Å². The molecule has 2 aliphatic rings. The lowest BCUT2D eigenvalue weighted by atomic mass is 10.0. The van der Waals surface area contributed by atoms with E-state index in [9.17, 15) is 0 Å². The Labute approximate surface area is 143 Å². The van der Waals surface area contributed by atoms with Gasteiger partial charge in [-0.05, 0) is 12.5 Å². The molecule has 0 amide bonds. The van der Waals surface area contributed by atoms with Crippen LogP contribution in [0.4, 0.5) is 5.95 Å². The number of hydrogen-bond acceptors (Lipinski definition) is 5. The summed E-state index contributed by atoms with van der Waals surface area (Å²) >= 11 is 0. The Morgan fingerprint density at radius 3 is 2.62 bits per heavy atom. The number of benzene rings is 1. The number of hydrogen-bond donors (Lipinski definition) is 0. The average molecular weight is 324 g/mol. The van der Waals surface area contributed by atoms with Crippen molar-refractivity contribution in [2.24, 2.45) is 0 Å². The molecule has 0 atom stereocenters. The van der Waals surface area contributed by atoms with Gasteiger partial charge in [-0.15, -0.1) is 0 Å². The van der Waals surface area contributed by atoms with Crippen LogP contribution in [-0.2, 0) is 24.2 Å². The number of fused-ring (bicyclic) bond motifs is 1. The largest absolute Gasteiger partial charge is 0.378 e. The second-order valence-electron chi connectivity index (χ2n) is 6.58. The third-order valence-corrected chi connectivity index (χ3v) is 4.88. The smallest absolute Gasteiger partial charge is 0.225 e. The maximum Gasteiger partial charge on any atom is 0.225 e. The Morgan fingerprint density at radius 1 is 1.04 bits per heavy atom. The monoisotopic (exact) mass is 324 g/mol. The summed E-state index contributed by atoms with van der Waals surface area (Å²) in [6.07, 6.45) is 1.00. The molecule has 24 heavy (non-hydrogen) atoms. The molecule has 0 unspecified atom stereocenters. The van der Waals surface area contributed by atoms with Crippen molar-refractivity contribution in [3.63, 3.8) is 0 Å². The topological polar surface area (TPSA) is 41.5 Å². The number of aryl methyl sites for hydroxylation is 1. The molecular weight excluding hydrogens is 300 g/mol. The normalized spacial score (nSPS) is 18.5. The Kier molecular flexibility index (Phi) is 4.45. The van der Waals surface area contributed by atoms with E-state index in [1.54, 1.807) is 0 Å². The SMILES string of the molecule is Cc1nc(N2CCOCC2)nc2c1CN(Cc1ccccc1)CC2. The van der Waals surface area contributed by atoms with Crippen LogP contribution in [-0.4, -0.2) is 47.7 Å². The van der Waals surface area contributed by atoms with Crippen LogP contribution < -0.4 is 4.90 Å². The third kappa shape index (κ3) is 3.28. The molecular formula is C19H24N4O. The maximum absolute atomic E-state index is 5.43. The molecule has 0 N–H and O–H groups in total. The van der Waals surface area contributed by atoms with Crippen LogP contribution in [0.2, 0.25) is 0 Å². The third-order valence-electron chi connectivity index (χ3n) is 4.88. The van der Waals surface area contributed by atoms with Crippen molar-refractivity contribution in [1.82, 2.24) is 14.9 Å². The van der Waals surface area contributed by atoms with E-state index in [-0.39, 0.29) is 0 Å². The predicted octanol–water partition coefficient (Wildman–Crippen LogP) is 2.18. The highest BCUT2D eigenvalue weighted by atomic mass is 16.5. The van der Waals surface area contributed by atoms with Crippen LogP contribution in [0.5, 0.6) is 0 Å². The molecule has 1 aromatic carbocycles. The molecule has 1 fully saturated rings. The molecule has 0 spiro atoms. The van der Waals surface area contributed by atoms with E-state index in [2.05, 4.69) is 47.1 Å². The lowest BCUT2D eigenvalue weighted by Crippen LogP contribution is -2.38. The fourth-order valence-corrected chi connectivity index (χ4v) is 3.50. The summed E-state index contributed by atoms with van der Waals surface area (Å²) in [5, 5.41) is 0. The Morgan fingerprint density at radius 2 is 1.83 bits per heavy atom. The summed E-state index contributed by atoms with van der Waals surface area (Å²) < 4.78 is 5.43. The van der Waals surface area contributed by atoms with Gasteiger partial charge in [0.1, 0.15) is 0 Å². The first kappa shape index (κ1) is 15.5. The van der Waals surface area contributed by atoms with Gasteiger partial charge in [-0.1, -0.05) is 30.3 Å². The summed E-state index contributed by atoms with van der Waals surface area (Å²) in [4.78, 5) is 14.4. The molecule has 0 radical (unpaired) electrons. The van der Waals surface area contributed by atoms with Crippen molar-refractivity contribution in [3.8, 4) is 0 Å². The van der Waals surface area contributed by atoms with Crippen molar-refractivity contribution in [3.05, 3.63) is 52.8 Å². The summed E-state index contributed by atoms with van der Waals surface area (Å²) in [6.45, 7) is 8.42. The molecule has 5 nitrogen and oxygen atoms in total. The summed E-state index contributed by atoms with van der Waals surface area (Å²) in [5.41, 5.74) is 5.03. The summed E-state index contributed by atoms with van der Waals surface area (Å²) in [5.74, 6) is 0.881. The molecule has 4 rings (SSSR count). The van der Waals surface area contributed by atoms with Crippen LogP contribution in [0.25, 0.3) is 0 Å². The van der Waals surface area contributed by atoms with Crippen molar-refractivity contribution < 1.29 is 4.74 Å². The highest BCUT2D eigenvalue weighted by molar-refractivity contribution is 5.38. The van der Waals surface area contributed by atoms with E-state index in [1.807, 2.05) is 0 Å². The van der Waals surface area contributed by atoms with Crippen LogP contribution >= 0.6 is 0 Å². The second kappa shape index (κ2) is 6.87. The fraction of sp³-hybridized carbons (Fsp3) is 0.474. The highest BCUT2D eigenvalue weighted by Gasteiger charge is 2.23. The van der Waals surface area contributed by atoms with E-state index < -0.39 is 0 Å². The molecule has 0 bridgehead atoms. The quantitative estimate of drug-likeness (QED) is 0.866. The lowest BCUT2D eigenvalue weighted by Gasteiger charge is -2.31. The van der Waals surface area contributed by atoms with Gasteiger partial charge in [-0.2, -0.15) is 0 Å². The van der Waals surface area contributed by atoms with E-state index in [0.29, 0.717) is 0 Å². The lowest BCUT2D eigenvalue weighted by molar-refractivity contribution is 0.122. The van der Waals surface area contributed by atoms with E-state index >= 15 is 0 Å². The van der Waals surface area contributed by atoms with Gasteiger partial charge in [-0.3, -0.25) is 4.90 Å². The predicted molar refractivity (Wildman–Crippen MR) is 94.1 cm³/mol. The van der Waals surface area contributed by atoms with Gasteiger partial charge in [0, 0.05) is 50.4 Å². The Bertz CT molecular complexity index is 698. The number of anilines is 1. The molecule has 2 aromatic rings. The molecule has 3 heterocycles. The van der Waals surface area contributed by atoms with Crippen molar-refractivity contribution in [2.45, 2.75) is 26.4 Å². The zero-order chi connectivity index (χ0) is 16.4. The highest BCUT2D eigenvalue weighted by Crippen LogP contribution is 2.24. The van der Waals surface area contributed by atoms with Crippen molar-refractivity contribution in [2.75, 3.05) is 37.7 Å².